The Bertz CT molecular complexity index is 2200. The van der Waals surface area contributed by atoms with Gasteiger partial charge < -0.3 is 4.90 Å². The molecule has 0 saturated carbocycles. The molecule has 0 bridgehead atoms. The molecule has 0 spiro atoms. The molecule has 0 heterocycles. The first-order valence-corrected chi connectivity index (χ1v) is 15.6. The summed E-state index contributed by atoms with van der Waals surface area (Å²) in [7, 11) is 0. The predicted octanol–water partition coefficient (Wildman–Crippen LogP) is 12.5. The summed E-state index contributed by atoms with van der Waals surface area (Å²) in [6.45, 7) is 8.87. The van der Waals surface area contributed by atoms with E-state index in [4.69, 9.17) is 0 Å². The Hall–Kier alpha value is -5.14. The van der Waals surface area contributed by atoms with Gasteiger partial charge in [0.15, 0.2) is 0 Å². The van der Waals surface area contributed by atoms with Crippen LogP contribution in [0.15, 0.2) is 133 Å². The zero-order valence-corrected chi connectivity index (χ0v) is 25.7. The van der Waals surface area contributed by atoms with Crippen molar-refractivity contribution in [2.45, 2.75) is 33.6 Å². The first-order chi connectivity index (χ1) is 21.4. The van der Waals surface area contributed by atoms with E-state index in [0.717, 1.165) is 0 Å². The van der Waals surface area contributed by atoms with Crippen LogP contribution in [-0.2, 0) is 0 Å². The van der Waals surface area contributed by atoms with E-state index in [9.17, 15) is 0 Å². The molecular formula is C43H35N. The molecule has 0 fully saturated rings. The monoisotopic (exact) mass is 565 g/mol. The van der Waals surface area contributed by atoms with Gasteiger partial charge in [-0.1, -0.05) is 80.6 Å². The van der Waals surface area contributed by atoms with Crippen molar-refractivity contribution in [3.05, 3.63) is 150 Å². The fourth-order valence-electron chi connectivity index (χ4n) is 6.68. The molecule has 0 atom stereocenters. The number of anilines is 3. The highest BCUT2D eigenvalue weighted by atomic mass is 15.1. The second kappa shape index (κ2) is 10.2. The Morgan fingerprint density at radius 2 is 0.955 bits per heavy atom. The summed E-state index contributed by atoms with van der Waals surface area (Å²) in [6.07, 6.45) is 0. The van der Waals surface area contributed by atoms with E-state index in [2.05, 4.69) is 166 Å². The van der Waals surface area contributed by atoms with Crippen LogP contribution in [0.5, 0.6) is 0 Å². The van der Waals surface area contributed by atoms with Crippen LogP contribution in [0.1, 0.15) is 36.5 Å². The Morgan fingerprint density at radius 3 is 1.59 bits per heavy atom. The quantitative estimate of drug-likeness (QED) is 0.201. The van der Waals surface area contributed by atoms with E-state index < -0.39 is 0 Å². The maximum Gasteiger partial charge on any atom is 0.0468 e. The molecule has 0 radical (unpaired) electrons. The molecule has 0 amide bonds. The fourth-order valence-corrected chi connectivity index (χ4v) is 6.68. The molecule has 0 aliphatic heterocycles. The average molecular weight is 566 g/mol. The van der Waals surface area contributed by atoms with Gasteiger partial charge in [-0.05, 0) is 158 Å². The normalized spacial score (nSPS) is 11.8. The highest BCUT2D eigenvalue weighted by Crippen LogP contribution is 2.51. The van der Waals surface area contributed by atoms with E-state index in [0.29, 0.717) is 5.92 Å². The number of hydrogen-bond donors (Lipinski definition) is 0. The molecule has 7 aromatic carbocycles. The lowest BCUT2D eigenvalue weighted by molar-refractivity contribution is 0.866. The maximum atomic E-state index is 2.39. The first kappa shape index (κ1) is 26.5. The van der Waals surface area contributed by atoms with Gasteiger partial charge in [0.2, 0.25) is 0 Å². The molecule has 7 aromatic rings. The van der Waals surface area contributed by atoms with Crippen molar-refractivity contribution in [1.29, 1.82) is 0 Å². The third-order valence-electron chi connectivity index (χ3n) is 9.45. The van der Waals surface area contributed by atoms with Crippen LogP contribution in [-0.4, -0.2) is 0 Å². The lowest BCUT2D eigenvalue weighted by atomic mass is 9.77. The van der Waals surface area contributed by atoms with Crippen LogP contribution in [0.25, 0.3) is 54.9 Å². The largest absolute Gasteiger partial charge is 0.310 e. The zero-order chi connectivity index (χ0) is 29.9. The first-order valence-electron chi connectivity index (χ1n) is 15.6. The van der Waals surface area contributed by atoms with Crippen molar-refractivity contribution in [3.63, 3.8) is 0 Å². The van der Waals surface area contributed by atoms with E-state index in [1.165, 1.54) is 88.7 Å². The number of rotatable bonds is 5. The molecule has 0 unspecified atom stereocenters. The number of aryl methyl sites for hydroxylation is 2. The topological polar surface area (TPSA) is 3.24 Å². The summed E-state index contributed by atoms with van der Waals surface area (Å²) in [5.74, 6) is 0.504. The fraction of sp³-hybridized carbons (Fsp3) is 0.116. The van der Waals surface area contributed by atoms with Gasteiger partial charge in [0.05, 0.1) is 0 Å². The molecule has 1 aliphatic carbocycles. The summed E-state index contributed by atoms with van der Waals surface area (Å²) in [5, 5.41) is 5.11. The van der Waals surface area contributed by atoms with Gasteiger partial charge in [0.1, 0.15) is 0 Å². The van der Waals surface area contributed by atoms with Crippen molar-refractivity contribution < 1.29 is 0 Å². The molecule has 212 valence electrons. The lowest BCUT2D eigenvalue weighted by Gasteiger charge is -2.28. The van der Waals surface area contributed by atoms with Gasteiger partial charge in [-0.3, -0.25) is 0 Å². The van der Waals surface area contributed by atoms with Crippen LogP contribution in [0.4, 0.5) is 17.1 Å². The molecule has 0 aromatic heterocycles. The van der Waals surface area contributed by atoms with Crippen LogP contribution in [0, 0.1) is 13.8 Å². The van der Waals surface area contributed by atoms with Gasteiger partial charge >= 0.3 is 0 Å². The molecule has 1 nitrogen and oxygen atoms in total. The molecule has 0 N–H and O–H groups in total. The standard InChI is InChI=1S/C43H35N/c1-27(2)30-13-17-37(18-14-30)44(38-16-10-28(3)29(4)20-38)39-19-15-34-24-41-42-25-35-21-32(31-8-6-5-7-9-31)11-12-33(35)23-40(42)43(41)26-36(34)22-39/h5-27H,1-4H3. The van der Waals surface area contributed by atoms with Crippen LogP contribution < -0.4 is 4.90 Å². The number of hydrogen-bond acceptors (Lipinski definition) is 1. The minimum absolute atomic E-state index is 0.504. The predicted molar refractivity (Wildman–Crippen MR) is 190 cm³/mol. The van der Waals surface area contributed by atoms with Crippen molar-refractivity contribution >= 4 is 38.6 Å². The molecule has 1 heteroatoms. The number of nitrogens with zero attached hydrogens (tertiary/aromatic N) is 1. The molecule has 44 heavy (non-hydrogen) atoms. The zero-order valence-electron chi connectivity index (χ0n) is 25.7. The molecule has 0 saturated heterocycles. The van der Waals surface area contributed by atoms with Gasteiger partial charge in [0.25, 0.3) is 0 Å². The number of fused-ring (bicyclic) bond motifs is 6. The van der Waals surface area contributed by atoms with E-state index in [-0.39, 0.29) is 0 Å². The Kier molecular flexibility index (Phi) is 6.17. The van der Waals surface area contributed by atoms with Crippen LogP contribution in [0.3, 0.4) is 0 Å². The van der Waals surface area contributed by atoms with Crippen molar-refractivity contribution in [2.75, 3.05) is 4.90 Å². The lowest BCUT2D eigenvalue weighted by Crippen LogP contribution is -2.10. The Balaban J connectivity index is 1.21. The summed E-state index contributed by atoms with van der Waals surface area (Å²) >= 11 is 0. The third-order valence-corrected chi connectivity index (χ3v) is 9.45. The molecule has 1 aliphatic rings. The van der Waals surface area contributed by atoms with Crippen molar-refractivity contribution in [1.82, 2.24) is 0 Å². The molecular weight excluding hydrogens is 530 g/mol. The van der Waals surface area contributed by atoms with Crippen LogP contribution >= 0.6 is 0 Å². The highest BCUT2D eigenvalue weighted by molar-refractivity contribution is 6.12. The second-order valence-corrected chi connectivity index (χ2v) is 12.6. The third kappa shape index (κ3) is 4.39. The summed E-state index contributed by atoms with van der Waals surface area (Å²) in [5.41, 5.74) is 15.4. The van der Waals surface area contributed by atoms with Gasteiger partial charge in [0, 0.05) is 17.1 Å². The minimum atomic E-state index is 0.504. The van der Waals surface area contributed by atoms with E-state index in [1.807, 2.05) is 0 Å². The SMILES string of the molecule is Cc1ccc(N(c2ccc(C(C)C)cc2)c2ccc3cc4c(cc3c2)-c2cc3ccc(-c5ccccc5)cc3cc2-4)cc1C. The van der Waals surface area contributed by atoms with Crippen molar-refractivity contribution in [2.24, 2.45) is 0 Å². The highest BCUT2D eigenvalue weighted by Gasteiger charge is 2.24. The molecule has 8 rings (SSSR count). The summed E-state index contributed by atoms with van der Waals surface area (Å²) in [6, 6.07) is 49.7. The Labute approximate surface area is 260 Å². The van der Waals surface area contributed by atoms with E-state index in [1.54, 1.807) is 0 Å². The van der Waals surface area contributed by atoms with Gasteiger partial charge in [-0.2, -0.15) is 0 Å². The number of benzene rings is 7. The minimum Gasteiger partial charge on any atom is -0.310 e. The maximum absolute atomic E-state index is 2.39. The second-order valence-electron chi connectivity index (χ2n) is 12.6. The van der Waals surface area contributed by atoms with E-state index >= 15 is 0 Å². The smallest absolute Gasteiger partial charge is 0.0468 e. The average Bonchev–Trinajstić information content (AvgIpc) is 3.05. The van der Waals surface area contributed by atoms with Gasteiger partial charge in [-0.15, -0.1) is 0 Å². The summed E-state index contributed by atoms with van der Waals surface area (Å²) in [4.78, 5) is 2.39. The van der Waals surface area contributed by atoms with Crippen LogP contribution in [0.2, 0.25) is 0 Å². The summed E-state index contributed by atoms with van der Waals surface area (Å²) < 4.78 is 0. The van der Waals surface area contributed by atoms with Crippen molar-refractivity contribution in [3.8, 4) is 33.4 Å². The Morgan fingerprint density at radius 1 is 0.409 bits per heavy atom. The van der Waals surface area contributed by atoms with Gasteiger partial charge in [-0.25, -0.2) is 0 Å².